The zero-order chi connectivity index (χ0) is 14.6. The van der Waals surface area contributed by atoms with Gasteiger partial charge in [-0.05, 0) is 48.7 Å². The zero-order valence-corrected chi connectivity index (χ0v) is 11.1. The molecule has 0 fully saturated rings. The molecule has 0 saturated heterocycles. The number of carboxylic acid groups (broad SMARTS) is 1. The van der Waals surface area contributed by atoms with Gasteiger partial charge in [-0.25, -0.2) is 0 Å². The van der Waals surface area contributed by atoms with Crippen LogP contribution in [-0.2, 0) is 16.6 Å². The van der Waals surface area contributed by atoms with Gasteiger partial charge in [0.25, 0.3) is 0 Å². The molecule has 4 heteroatoms. The third kappa shape index (κ3) is 2.67. The molecule has 1 aromatic heterocycles. The molecular weight excluding hydrogens is 252 g/mol. The number of hydrogen-bond acceptors (Lipinski definition) is 3. The first-order valence-corrected chi connectivity index (χ1v) is 6.19. The summed E-state index contributed by atoms with van der Waals surface area (Å²) in [5, 5.41) is 18.4. The molecule has 2 rings (SSSR count). The summed E-state index contributed by atoms with van der Waals surface area (Å²) in [6, 6.07) is 12.3. The van der Waals surface area contributed by atoms with Crippen LogP contribution in [0, 0.1) is 11.3 Å². The Bertz CT molecular complexity index is 644. The summed E-state index contributed by atoms with van der Waals surface area (Å²) >= 11 is 0. The summed E-state index contributed by atoms with van der Waals surface area (Å²) < 4.78 is 0. The average Bonchev–Trinajstić information content (AvgIpc) is 2.48. The van der Waals surface area contributed by atoms with Gasteiger partial charge in [-0.2, -0.15) is 5.26 Å². The molecule has 0 amide bonds. The van der Waals surface area contributed by atoms with Gasteiger partial charge >= 0.3 is 5.97 Å². The Morgan fingerprint density at radius 2 is 1.85 bits per heavy atom. The third-order valence-corrected chi connectivity index (χ3v) is 3.43. The molecule has 0 aliphatic heterocycles. The van der Waals surface area contributed by atoms with Gasteiger partial charge in [-0.15, -0.1) is 0 Å². The van der Waals surface area contributed by atoms with Crippen molar-refractivity contribution in [2.45, 2.75) is 18.8 Å². The summed E-state index contributed by atoms with van der Waals surface area (Å²) in [6.07, 6.45) is 3.67. The summed E-state index contributed by atoms with van der Waals surface area (Å²) in [5.41, 5.74) is 1.08. The number of aromatic nitrogens is 1. The van der Waals surface area contributed by atoms with Gasteiger partial charge in [-0.1, -0.05) is 12.1 Å². The molecule has 4 nitrogen and oxygen atoms in total. The number of hydrogen-bond donors (Lipinski definition) is 1. The molecule has 1 aromatic carbocycles. The number of benzene rings is 1. The Labute approximate surface area is 117 Å². The van der Waals surface area contributed by atoms with Crippen LogP contribution in [0.2, 0.25) is 0 Å². The van der Waals surface area contributed by atoms with Gasteiger partial charge in [0.1, 0.15) is 0 Å². The van der Waals surface area contributed by atoms with Crippen LogP contribution in [0.1, 0.15) is 23.6 Å². The fraction of sp³-hybridized carbons (Fsp3) is 0.188. The summed E-state index contributed by atoms with van der Waals surface area (Å²) in [4.78, 5) is 15.6. The first kappa shape index (κ1) is 13.8. The second-order valence-electron chi connectivity index (χ2n) is 4.86. The molecule has 1 heterocycles. The van der Waals surface area contributed by atoms with E-state index in [1.165, 1.54) is 0 Å². The van der Waals surface area contributed by atoms with Gasteiger partial charge in [0.2, 0.25) is 0 Å². The van der Waals surface area contributed by atoms with Crippen molar-refractivity contribution < 1.29 is 9.90 Å². The van der Waals surface area contributed by atoms with Crippen molar-refractivity contribution in [2.75, 3.05) is 0 Å². The van der Waals surface area contributed by atoms with E-state index in [1.54, 1.807) is 43.6 Å². The average molecular weight is 266 g/mol. The standard InChI is InChI=1S/C16H14N2O2/c1-16(15(19)20,10-12-6-8-18-9-7-12)14-4-2-13(11-17)3-5-14/h2-9H,10H2,1H3,(H,19,20). The number of aliphatic carboxylic acids is 1. The van der Waals surface area contributed by atoms with Crippen molar-refractivity contribution in [3.05, 3.63) is 65.5 Å². The second kappa shape index (κ2) is 5.54. The lowest BCUT2D eigenvalue weighted by atomic mass is 9.77. The van der Waals surface area contributed by atoms with Crippen LogP contribution >= 0.6 is 0 Å². The van der Waals surface area contributed by atoms with E-state index in [0.29, 0.717) is 17.5 Å². The predicted octanol–water partition coefficient (Wildman–Crippen LogP) is 2.54. The molecule has 2 aromatic rings. The molecule has 0 spiro atoms. The van der Waals surface area contributed by atoms with Gasteiger partial charge in [0.15, 0.2) is 0 Å². The van der Waals surface area contributed by atoms with Crippen LogP contribution in [0.15, 0.2) is 48.8 Å². The molecule has 20 heavy (non-hydrogen) atoms. The highest BCUT2D eigenvalue weighted by molar-refractivity contribution is 5.81. The first-order valence-electron chi connectivity index (χ1n) is 6.19. The third-order valence-electron chi connectivity index (χ3n) is 3.43. The Balaban J connectivity index is 2.38. The fourth-order valence-corrected chi connectivity index (χ4v) is 2.12. The minimum Gasteiger partial charge on any atom is -0.481 e. The van der Waals surface area contributed by atoms with Crippen molar-refractivity contribution in [1.29, 1.82) is 5.26 Å². The lowest BCUT2D eigenvalue weighted by Gasteiger charge is -2.25. The number of nitriles is 1. The quantitative estimate of drug-likeness (QED) is 0.922. The van der Waals surface area contributed by atoms with Gasteiger partial charge in [0.05, 0.1) is 17.0 Å². The number of pyridine rings is 1. The summed E-state index contributed by atoms with van der Waals surface area (Å²) in [7, 11) is 0. The van der Waals surface area contributed by atoms with Gasteiger partial charge in [-0.3, -0.25) is 9.78 Å². The van der Waals surface area contributed by atoms with E-state index in [2.05, 4.69) is 4.98 Å². The summed E-state index contributed by atoms with van der Waals surface area (Å²) in [6.45, 7) is 1.69. The number of nitrogens with zero attached hydrogens (tertiary/aromatic N) is 2. The Hall–Kier alpha value is -2.67. The number of carbonyl (C=O) groups is 1. The van der Waals surface area contributed by atoms with Crippen LogP contribution in [-0.4, -0.2) is 16.1 Å². The van der Waals surface area contributed by atoms with Crippen LogP contribution in [0.3, 0.4) is 0 Å². The molecule has 1 atom stereocenters. The van der Waals surface area contributed by atoms with E-state index in [1.807, 2.05) is 18.2 Å². The van der Waals surface area contributed by atoms with E-state index in [-0.39, 0.29) is 0 Å². The van der Waals surface area contributed by atoms with Crippen molar-refractivity contribution in [1.82, 2.24) is 4.98 Å². The maximum atomic E-state index is 11.7. The lowest BCUT2D eigenvalue weighted by molar-refractivity contribution is -0.143. The molecule has 0 aliphatic rings. The van der Waals surface area contributed by atoms with Crippen molar-refractivity contribution >= 4 is 5.97 Å². The largest absolute Gasteiger partial charge is 0.481 e. The number of rotatable bonds is 4. The molecule has 1 N–H and O–H groups in total. The van der Waals surface area contributed by atoms with E-state index in [0.717, 1.165) is 5.56 Å². The molecule has 100 valence electrons. The van der Waals surface area contributed by atoms with E-state index in [9.17, 15) is 9.90 Å². The second-order valence-corrected chi connectivity index (χ2v) is 4.86. The Kier molecular flexibility index (Phi) is 3.81. The maximum absolute atomic E-state index is 11.7. The summed E-state index contributed by atoms with van der Waals surface area (Å²) in [5.74, 6) is -0.890. The van der Waals surface area contributed by atoms with E-state index < -0.39 is 11.4 Å². The topological polar surface area (TPSA) is 74.0 Å². The van der Waals surface area contributed by atoms with Crippen LogP contribution < -0.4 is 0 Å². The van der Waals surface area contributed by atoms with Crippen molar-refractivity contribution in [3.8, 4) is 6.07 Å². The lowest BCUT2D eigenvalue weighted by Crippen LogP contribution is -2.34. The highest BCUT2D eigenvalue weighted by atomic mass is 16.4. The molecule has 0 saturated carbocycles. The molecule has 1 unspecified atom stereocenters. The maximum Gasteiger partial charge on any atom is 0.314 e. The van der Waals surface area contributed by atoms with Crippen LogP contribution in [0.4, 0.5) is 0 Å². The normalized spacial score (nSPS) is 13.2. The van der Waals surface area contributed by atoms with Crippen LogP contribution in [0.25, 0.3) is 0 Å². The molecular formula is C16H14N2O2. The smallest absolute Gasteiger partial charge is 0.314 e. The monoisotopic (exact) mass is 266 g/mol. The SMILES string of the molecule is CC(Cc1ccncc1)(C(=O)O)c1ccc(C#N)cc1. The zero-order valence-electron chi connectivity index (χ0n) is 11.1. The van der Waals surface area contributed by atoms with Gasteiger partial charge in [0, 0.05) is 12.4 Å². The van der Waals surface area contributed by atoms with Crippen molar-refractivity contribution in [2.24, 2.45) is 0 Å². The Morgan fingerprint density at radius 3 is 2.35 bits per heavy atom. The van der Waals surface area contributed by atoms with E-state index in [4.69, 9.17) is 5.26 Å². The molecule has 0 bridgehead atoms. The molecule has 0 radical (unpaired) electrons. The van der Waals surface area contributed by atoms with Crippen LogP contribution in [0.5, 0.6) is 0 Å². The van der Waals surface area contributed by atoms with Crippen molar-refractivity contribution in [3.63, 3.8) is 0 Å². The minimum absolute atomic E-state index is 0.372. The Morgan fingerprint density at radius 1 is 1.25 bits per heavy atom. The number of carboxylic acids is 1. The molecule has 0 aliphatic carbocycles. The van der Waals surface area contributed by atoms with Gasteiger partial charge < -0.3 is 5.11 Å². The fourth-order valence-electron chi connectivity index (χ4n) is 2.12. The highest BCUT2D eigenvalue weighted by Crippen LogP contribution is 2.28. The highest BCUT2D eigenvalue weighted by Gasteiger charge is 2.35. The minimum atomic E-state index is -1.03. The predicted molar refractivity (Wildman–Crippen MR) is 74.1 cm³/mol. The first-order chi connectivity index (χ1) is 9.56. The van der Waals surface area contributed by atoms with E-state index >= 15 is 0 Å².